The Hall–Kier alpha value is -4.00. The van der Waals surface area contributed by atoms with Gasteiger partial charge in [-0.2, -0.15) is 4.98 Å². The van der Waals surface area contributed by atoms with Gasteiger partial charge in [0.2, 0.25) is 11.7 Å². The van der Waals surface area contributed by atoms with E-state index >= 15 is 0 Å². The van der Waals surface area contributed by atoms with Gasteiger partial charge in [-0.3, -0.25) is 9.59 Å². The fourth-order valence-corrected chi connectivity index (χ4v) is 3.06. The molecule has 0 unspecified atom stereocenters. The molecular weight excluding hydrogens is 382 g/mol. The van der Waals surface area contributed by atoms with Crippen molar-refractivity contribution in [3.8, 4) is 11.4 Å². The zero-order chi connectivity index (χ0) is 20.8. The van der Waals surface area contributed by atoms with E-state index in [-0.39, 0.29) is 31.4 Å². The van der Waals surface area contributed by atoms with E-state index in [4.69, 9.17) is 9.26 Å². The first-order valence-electron chi connectivity index (χ1n) is 9.46. The number of ether oxygens (including phenoxy) is 1. The van der Waals surface area contributed by atoms with Crippen molar-refractivity contribution >= 4 is 22.6 Å². The molecule has 0 radical (unpaired) electrons. The molecular formula is C23H19N3O4. The maximum Gasteiger partial charge on any atom is 0.325 e. The average molecular weight is 401 g/mol. The molecule has 0 saturated carbocycles. The molecule has 1 N–H and O–H groups in total. The third-order valence-corrected chi connectivity index (χ3v) is 4.52. The number of hydrogen-bond donors (Lipinski definition) is 1. The fraction of sp³-hybridized carbons (Fsp3) is 0.130. The lowest BCUT2D eigenvalue weighted by atomic mass is 10.0. The molecule has 4 aromatic rings. The van der Waals surface area contributed by atoms with Gasteiger partial charge in [0.05, 0.1) is 6.42 Å². The quantitative estimate of drug-likeness (QED) is 0.478. The van der Waals surface area contributed by atoms with Crippen molar-refractivity contribution < 1.29 is 18.8 Å². The largest absolute Gasteiger partial charge is 0.454 e. The first-order valence-corrected chi connectivity index (χ1v) is 9.46. The summed E-state index contributed by atoms with van der Waals surface area (Å²) in [5.41, 5.74) is 1.71. The minimum atomic E-state index is -0.583. The van der Waals surface area contributed by atoms with E-state index in [1.54, 1.807) is 0 Å². The molecule has 1 amide bonds. The first-order chi connectivity index (χ1) is 14.7. The van der Waals surface area contributed by atoms with Crippen molar-refractivity contribution in [3.63, 3.8) is 0 Å². The lowest BCUT2D eigenvalue weighted by Crippen LogP contribution is -2.31. The topological polar surface area (TPSA) is 94.3 Å². The number of carbonyl (C=O) groups excluding carboxylic acids is 2. The predicted molar refractivity (Wildman–Crippen MR) is 110 cm³/mol. The number of amides is 1. The van der Waals surface area contributed by atoms with Crippen LogP contribution in [0.4, 0.5) is 0 Å². The summed E-state index contributed by atoms with van der Waals surface area (Å²) in [7, 11) is 0. The molecule has 0 saturated heterocycles. The van der Waals surface area contributed by atoms with Gasteiger partial charge in [-0.25, -0.2) is 0 Å². The number of rotatable bonds is 7. The molecule has 4 rings (SSSR count). The van der Waals surface area contributed by atoms with Gasteiger partial charge in [-0.15, -0.1) is 0 Å². The Balaban J connectivity index is 1.26. The van der Waals surface area contributed by atoms with Crippen molar-refractivity contribution in [1.82, 2.24) is 15.5 Å². The number of nitrogens with zero attached hydrogens (tertiary/aromatic N) is 2. The van der Waals surface area contributed by atoms with E-state index in [9.17, 15) is 9.59 Å². The van der Waals surface area contributed by atoms with Crippen LogP contribution in [0.25, 0.3) is 22.2 Å². The van der Waals surface area contributed by atoms with Crippen molar-refractivity contribution in [2.24, 2.45) is 0 Å². The van der Waals surface area contributed by atoms with Gasteiger partial charge in [-0.1, -0.05) is 78.0 Å². The Morgan fingerprint density at radius 1 is 0.933 bits per heavy atom. The maximum atomic E-state index is 12.2. The zero-order valence-electron chi connectivity index (χ0n) is 16.1. The highest BCUT2D eigenvalue weighted by Gasteiger charge is 2.13. The van der Waals surface area contributed by atoms with Gasteiger partial charge >= 0.3 is 5.97 Å². The number of esters is 1. The van der Waals surface area contributed by atoms with E-state index in [0.29, 0.717) is 5.82 Å². The standard InChI is InChI=1S/C23H19N3O4/c27-20(13-18-11-6-10-16-7-4-5-12-19(16)18)24-14-22(28)29-15-21-25-23(26-30-21)17-8-2-1-3-9-17/h1-12H,13-15H2,(H,24,27). The number of aromatic nitrogens is 2. The Kier molecular flexibility index (Phi) is 5.80. The van der Waals surface area contributed by atoms with Crippen LogP contribution >= 0.6 is 0 Å². The van der Waals surface area contributed by atoms with Gasteiger partial charge in [0, 0.05) is 5.56 Å². The molecule has 0 aliphatic carbocycles. The minimum Gasteiger partial charge on any atom is -0.454 e. The van der Waals surface area contributed by atoms with Crippen LogP contribution in [0.5, 0.6) is 0 Å². The summed E-state index contributed by atoms with van der Waals surface area (Å²) in [4.78, 5) is 28.4. The fourth-order valence-electron chi connectivity index (χ4n) is 3.06. The Morgan fingerprint density at radius 2 is 1.70 bits per heavy atom. The molecule has 3 aromatic carbocycles. The smallest absolute Gasteiger partial charge is 0.325 e. The van der Waals surface area contributed by atoms with E-state index in [2.05, 4.69) is 15.5 Å². The molecule has 0 bridgehead atoms. The SMILES string of the molecule is O=C(Cc1cccc2ccccc12)NCC(=O)OCc1nc(-c2ccccc2)no1. The third kappa shape index (κ3) is 4.70. The van der Waals surface area contributed by atoms with Crippen LogP contribution in [0.1, 0.15) is 11.5 Å². The summed E-state index contributed by atoms with van der Waals surface area (Å²) in [6, 6.07) is 23.0. The number of hydrogen-bond acceptors (Lipinski definition) is 6. The average Bonchev–Trinajstić information content (AvgIpc) is 3.26. The summed E-state index contributed by atoms with van der Waals surface area (Å²) in [5, 5.41) is 8.53. The molecule has 0 aliphatic heterocycles. The molecule has 1 aromatic heterocycles. The highest BCUT2D eigenvalue weighted by atomic mass is 16.6. The Bertz CT molecular complexity index is 1170. The van der Waals surface area contributed by atoms with E-state index in [1.807, 2.05) is 72.8 Å². The second-order valence-corrected chi connectivity index (χ2v) is 6.63. The van der Waals surface area contributed by atoms with Crippen LogP contribution in [0, 0.1) is 0 Å². The minimum absolute atomic E-state index is 0.155. The summed E-state index contributed by atoms with van der Waals surface area (Å²) in [6.07, 6.45) is 0.179. The van der Waals surface area contributed by atoms with Crippen molar-refractivity contribution in [2.45, 2.75) is 13.0 Å². The van der Waals surface area contributed by atoms with Crippen LogP contribution in [-0.4, -0.2) is 28.6 Å². The Morgan fingerprint density at radius 3 is 2.57 bits per heavy atom. The molecule has 7 nitrogen and oxygen atoms in total. The van der Waals surface area contributed by atoms with Crippen LogP contribution in [-0.2, 0) is 27.4 Å². The number of fused-ring (bicyclic) bond motifs is 1. The Labute approximate surface area is 172 Å². The third-order valence-electron chi connectivity index (χ3n) is 4.52. The van der Waals surface area contributed by atoms with Gasteiger partial charge in [0.1, 0.15) is 6.54 Å². The van der Waals surface area contributed by atoms with Crippen molar-refractivity contribution in [1.29, 1.82) is 0 Å². The van der Waals surface area contributed by atoms with Gasteiger partial charge in [-0.05, 0) is 16.3 Å². The molecule has 1 heterocycles. The van der Waals surface area contributed by atoms with Gasteiger partial charge < -0.3 is 14.6 Å². The van der Waals surface area contributed by atoms with E-state index in [0.717, 1.165) is 21.9 Å². The lowest BCUT2D eigenvalue weighted by molar-refractivity contribution is -0.145. The monoisotopic (exact) mass is 401 g/mol. The number of nitrogens with one attached hydrogen (secondary N) is 1. The summed E-state index contributed by atoms with van der Waals surface area (Å²) in [5.74, 6) is -0.234. The zero-order valence-corrected chi connectivity index (χ0v) is 16.1. The van der Waals surface area contributed by atoms with Crippen molar-refractivity contribution in [2.75, 3.05) is 6.54 Å². The van der Waals surface area contributed by atoms with Crippen LogP contribution < -0.4 is 5.32 Å². The van der Waals surface area contributed by atoms with Gasteiger partial charge in [0.15, 0.2) is 6.61 Å². The summed E-state index contributed by atoms with van der Waals surface area (Å²) in [6.45, 7) is -0.388. The first kappa shape index (κ1) is 19.3. The molecule has 30 heavy (non-hydrogen) atoms. The summed E-state index contributed by atoms with van der Waals surface area (Å²) < 4.78 is 10.2. The second-order valence-electron chi connectivity index (χ2n) is 6.63. The predicted octanol–water partition coefficient (Wildman–Crippen LogP) is 3.29. The molecule has 0 fully saturated rings. The number of carbonyl (C=O) groups is 2. The highest BCUT2D eigenvalue weighted by Crippen LogP contribution is 2.19. The lowest BCUT2D eigenvalue weighted by Gasteiger charge is -2.07. The maximum absolute atomic E-state index is 12.2. The van der Waals surface area contributed by atoms with E-state index < -0.39 is 5.97 Å². The number of benzene rings is 3. The van der Waals surface area contributed by atoms with Crippen molar-refractivity contribution in [3.05, 3.63) is 84.3 Å². The van der Waals surface area contributed by atoms with Gasteiger partial charge in [0.25, 0.3) is 5.89 Å². The van der Waals surface area contributed by atoms with Crippen LogP contribution in [0.15, 0.2) is 77.3 Å². The van der Waals surface area contributed by atoms with Crippen LogP contribution in [0.2, 0.25) is 0 Å². The molecule has 150 valence electrons. The molecule has 0 aliphatic rings. The molecule has 0 spiro atoms. The van der Waals surface area contributed by atoms with E-state index in [1.165, 1.54) is 0 Å². The molecule has 0 atom stereocenters. The highest BCUT2D eigenvalue weighted by molar-refractivity contribution is 5.91. The summed E-state index contributed by atoms with van der Waals surface area (Å²) >= 11 is 0. The molecule has 7 heteroatoms. The second kappa shape index (κ2) is 9.00. The normalized spacial score (nSPS) is 10.7. The van der Waals surface area contributed by atoms with Crippen LogP contribution in [0.3, 0.4) is 0 Å².